The molecule has 0 atom stereocenters. The summed E-state index contributed by atoms with van der Waals surface area (Å²) >= 11 is 0. The molecule has 1 aromatic carbocycles. The Balaban J connectivity index is 2.04. The molecule has 0 radical (unpaired) electrons. The number of aryl methyl sites for hydroxylation is 2. The Bertz CT molecular complexity index is 653. The molecule has 3 rings (SSSR count). The van der Waals surface area contributed by atoms with Crippen LogP contribution in [0.1, 0.15) is 49.6 Å². The quantitative estimate of drug-likeness (QED) is 0.947. The largest absolute Gasteiger partial charge is 0.308 e. The van der Waals surface area contributed by atoms with Crippen LogP contribution in [0.25, 0.3) is 5.69 Å². The first-order valence-corrected chi connectivity index (χ1v) is 8.11. The van der Waals surface area contributed by atoms with Crippen molar-refractivity contribution >= 4 is 0 Å². The summed E-state index contributed by atoms with van der Waals surface area (Å²) in [6.07, 6.45) is 4.58. The van der Waals surface area contributed by atoms with Crippen molar-refractivity contribution in [3.63, 3.8) is 0 Å². The molecular formula is C17H25N5. The zero-order chi connectivity index (χ0) is 15.7. The number of aromatic nitrogens is 4. The van der Waals surface area contributed by atoms with Gasteiger partial charge in [-0.3, -0.25) is 0 Å². The summed E-state index contributed by atoms with van der Waals surface area (Å²) in [5.74, 6) is 1.72. The van der Waals surface area contributed by atoms with Crippen LogP contribution in [-0.4, -0.2) is 27.3 Å². The van der Waals surface area contributed by atoms with E-state index in [1.165, 1.54) is 24.0 Å². The molecule has 1 aliphatic carbocycles. The van der Waals surface area contributed by atoms with Gasteiger partial charge in [0.25, 0.3) is 0 Å². The van der Waals surface area contributed by atoms with Gasteiger partial charge < -0.3 is 5.32 Å². The van der Waals surface area contributed by atoms with Crippen LogP contribution < -0.4 is 5.32 Å². The van der Waals surface area contributed by atoms with Crippen molar-refractivity contribution in [3.8, 4) is 5.69 Å². The molecule has 0 bridgehead atoms. The zero-order valence-electron chi connectivity index (χ0n) is 13.9. The summed E-state index contributed by atoms with van der Waals surface area (Å²) in [6, 6.07) is 6.40. The smallest absolute Gasteiger partial charge is 0.176 e. The van der Waals surface area contributed by atoms with E-state index < -0.39 is 0 Å². The van der Waals surface area contributed by atoms with Crippen molar-refractivity contribution in [1.29, 1.82) is 0 Å². The Kier molecular flexibility index (Phi) is 4.00. The van der Waals surface area contributed by atoms with Gasteiger partial charge in [0, 0.05) is 0 Å². The van der Waals surface area contributed by atoms with Crippen LogP contribution in [0.3, 0.4) is 0 Å². The monoisotopic (exact) mass is 299 g/mol. The predicted molar refractivity (Wildman–Crippen MR) is 87.0 cm³/mol. The third-order valence-corrected chi connectivity index (χ3v) is 5.08. The Hall–Kier alpha value is -1.75. The van der Waals surface area contributed by atoms with Crippen molar-refractivity contribution < 1.29 is 0 Å². The molecule has 5 nitrogen and oxygen atoms in total. The van der Waals surface area contributed by atoms with Gasteiger partial charge in [-0.2, -0.15) is 4.68 Å². The van der Waals surface area contributed by atoms with Crippen LogP contribution in [0.5, 0.6) is 0 Å². The predicted octanol–water partition coefficient (Wildman–Crippen LogP) is 2.90. The molecule has 1 aliphatic rings. The average Bonchev–Trinajstić information content (AvgIpc) is 2.98. The average molecular weight is 299 g/mol. The lowest BCUT2D eigenvalue weighted by Gasteiger charge is -2.38. The van der Waals surface area contributed by atoms with Gasteiger partial charge in [0.1, 0.15) is 0 Å². The summed E-state index contributed by atoms with van der Waals surface area (Å²) in [6.45, 7) is 6.55. The SMILES string of the molecule is CNC1(c2nnnn2-c2ccc(C)cc2C)CCC(C)CC1. The van der Waals surface area contributed by atoms with Crippen molar-refractivity contribution in [2.75, 3.05) is 7.05 Å². The minimum absolute atomic E-state index is 0.118. The van der Waals surface area contributed by atoms with Crippen molar-refractivity contribution in [3.05, 3.63) is 35.2 Å². The van der Waals surface area contributed by atoms with Gasteiger partial charge in [-0.05, 0) is 74.6 Å². The normalized spacial score (nSPS) is 25.4. The van der Waals surface area contributed by atoms with E-state index in [1.807, 2.05) is 11.7 Å². The van der Waals surface area contributed by atoms with Crippen LogP contribution >= 0.6 is 0 Å². The van der Waals surface area contributed by atoms with E-state index in [9.17, 15) is 0 Å². The van der Waals surface area contributed by atoms with Crippen molar-refractivity contribution in [1.82, 2.24) is 25.5 Å². The number of rotatable bonds is 3. The summed E-state index contributed by atoms with van der Waals surface area (Å²) < 4.78 is 1.92. The molecule has 0 unspecified atom stereocenters. The topological polar surface area (TPSA) is 55.6 Å². The molecule has 0 amide bonds. The molecule has 1 heterocycles. The molecule has 1 fully saturated rings. The van der Waals surface area contributed by atoms with Gasteiger partial charge in [-0.1, -0.05) is 24.6 Å². The number of nitrogens with zero attached hydrogens (tertiary/aromatic N) is 4. The molecule has 0 saturated heterocycles. The van der Waals surface area contributed by atoms with Crippen LogP contribution in [0, 0.1) is 19.8 Å². The second kappa shape index (κ2) is 5.80. The van der Waals surface area contributed by atoms with Crippen molar-refractivity contribution in [2.24, 2.45) is 5.92 Å². The molecule has 118 valence electrons. The van der Waals surface area contributed by atoms with Gasteiger partial charge in [-0.25, -0.2) is 0 Å². The van der Waals surface area contributed by atoms with Crippen LogP contribution in [0.4, 0.5) is 0 Å². The minimum Gasteiger partial charge on any atom is -0.308 e. The molecule has 0 aliphatic heterocycles. The molecular weight excluding hydrogens is 274 g/mol. The highest BCUT2D eigenvalue weighted by atomic mass is 15.6. The minimum atomic E-state index is -0.118. The van der Waals surface area contributed by atoms with E-state index in [1.54, 1.807) is 0 Å². The van der Waals surface area contributed by atoms with Gasteiger partial charge in [0.05, 0.1) is 11.2 Å². The first kappa shape index (κ1) is 15.2. The van der Waals surface area contributed by atoms with E-state index in [0.29, 0.717) is 0 Å². The fourth-order valence-corrected chi connectivity index (χ4v) is 3.53. The third-order valence-electron chi connectivity index (χ3n) is 5.08. The van der Waals surface area contributed by atoms with Gasteiger partial charge in [-0.15, -0.1) is 5.10 Å². The maximum absolute atomic E-state index is 4.39. The second-order valence-electron chi connectivity index (χ2n) is 6.72. The highest BCUT2D eigenvalue weighted by molar-refractivity contribution is 5.42. The van der Waals surface area contributed by atoms with Gasteiger partial charge in [0.2, 0.25) is 0 Å². The number of benzene rings is 1. The number of hydrogen-bond acceptors (Lipinski definition) is 4. The second-order valence-corrected chi connectivity index (χ2v) is 6.72. The Labute approximate surface area is 132 Å². The van der Waals surface area contributed by atoms with Gasteiger partial charge >= 0.3 is 0 Å². The fraction of sp³-hybridized carbons (Fsp3) is 0.588. The summed E-state index contributed by atoms with van der Waals surface area (Å²) in [4.78, 5) is 0. The van der Waals surface area contributed by atoms with E-state index in [2.05, 4.69) is 59.8 Å². The van der Waals surface area contributed by atoms with Crippen LogP contribution in [-0.2, 0) is 5.54 Å². The lowest BCUT2D eigenvalue weighted by molar-refractivity contribution is 0.194. The molecule has 5 heteroatoms. The molecule has 1 aromatic heterocycles. The lowest BCUT2D eigenvalue weighted by atomic mass is 9.76. The summed E-state index contributed by atoms with van der Waals surface area (Å²) in [5, 5.41) is 16.2. The Morgan fingerprint density at radius 2 is 1.95 bits per heavy atom. The highest BCUT2D eigenvalue weighted by Crippen LogP contribution is 2.38. The van der Waals surface area contributed by atoms with E-state index in [-0.39, 0.29) is 5.54 Å². The standard InChI is InChI=1S/C17H25N5/c1-12-7-9-17(18-4,10-8-12)16-19-20-21-22(16)15-6-5-13(2)11-14(15)3/h5-6,11-12,18H,7-10H2,1-4H3. The van der Waals surface area contributed by atoms with Crippen LogP contribution in [0.2, 0.25) is 0 Å². The molecule has 1 N–H and O–H groups in total. The van der Waals surface area contributed by atoms with E-state index in [0.717, 1.165) is 30.3 Å². The molecule has 0 spiro atoms. The molecule has 22 heavy (non-hydrogen) atoms. The molecule has 2 aromatic rings. The number of nitrogens with one attached hydrogen (secondary N) is 1. The number of tetrazole rings is 1. The Morgan fingerprint density at radius 1 is 1.23 bits per heavy atom. The zero-order valence-corrected chi connectivity index (χ0v) is 13.9. The summed E-state index contributed by atoms with van der Waals surface area (Å²) in [5.41, 5.74) is 3.40. The van der Waals surface area contributed by atoms with E-state index >= 15 is 0 Å². The third kappa shape index (κ3) is 2.54. The first-order chi connectivity index (χ1) is 10.6. The number of hydrogen-bond donors (Lipinski definition) is 1. The van der Waals surface area contributed by atoms with Crippen LogP contribution in [0.15, 0.2) is 18.2 Å². The first-order valence-electron chi connectivity index (χ1n) is 8.11. The maximum atomic E-state index is 4.39. The van der Waals surface area contributed by atoms with E-state index in [4.69, 9.17) is 0 Å². The van der Waals surface area contributed by atoms with Crippen molar-refractivity contribution in [2.45, 2.75) is 52.0 Å². The summed E-state index contributed by atoms with van der Waals surface area (Å²) in [7, 11) is 2.02. The maximum Gasteiger partial charge on any atom is 0.176 e. The Morgan fingerprint density at radius 3 is 2.59 bits per heavy atom. The molecule has 1 saturated carbocycles. The highest BCUT2D eigenvalue weighted by Gasteiger charge is 2.39. The fourth-order valence-electron chi connectivity index (χ4n) is 3.53. The lowest BCUT2D eigenvalue weighted by Crippen LogP contribution is -2.45. The van der Waals surface area contributed by atoms with Gasteiger partial charge in [0.15, 0.2) is 5.82 Å².